The fraction of sp³-hybridized carbons (Fsp3) is 0.455. The fourth-order valence-electron chi connectivity index (χ4n) is 1.23. The van der Waals surface area contributed by atoms with Crippen LogP contribution in [0.1, 0.15) is 13.3 Å². The van der Waals surface area contributed by atoms with Crippen molar-refractivity contribution in [3.05, 3.63) is 29.3 Å². The van der Waals surface area contributed by atoms with E-state index in [0.29, 0.717) is 5.25 Å². The summed E-state index contributed by atoms with van der Waals surface area (Å²) in [6.07, 6.45) is 1.16. The highest BCUT2D eigenvalue weighted by atomic mass is 35.5. The Kier molecular flexibility index (Phi) is 5.38. The van der Waals surface area contributed by atoms with E-state index in [-0.39, 0.29) is 0 Å². The quantitative estimate of drug-likeness (QED) is 0.777. The summed E-state index contributed by atoms with van der Waals surface area (Å²) >= 11 is 7.80. The Balaban J connectivity index is 2.57. The molecule has 1 rings (SSSR count). The predicted molar refractivity (Wildman–Crippen MR) is 65.3 cm³/mol. The lowest BCUT2D eigenvalue weighted by atomic mass is 10.3. The molecule has 1 aromatic carbocycles. The first-order valence-electron chi connectivity index (χ1n) is 4.83. The second-order valence-corrected chi connectivity index (χ2v) is 4.97. The van der Waals surface area contributed by atoms with Crippen LogP contribution in [0.15, 0.2) is 29.2 Å². The maximum atomic E-state index is 5.92. The van der Waals surface area contributed by atoms with E-state index in [4.69, 9.17) is 11.6 Å². The second kappa shape index (κ2) is 6.33. The lowest BCUT2D eigenvalue weighted by Crippen LogP contribution is -2.19. The Labute approximate surface area is 95.2 Å². The molecule has 0 radical (unpaired) electrons. The van der Waals surface area contributed by atoms with Gasteiger partial charge in [0.2, 0.25) is 0 Å². The first kappa shape index (κ1) is 11.9. The summed E-state index contributed by atoms with van der Waals surface area (Å²) in [4.78, 5) is 1.25. The molecule has 1 nitrogen and oxygen atoms in total. The van der Waals surface area contributed by atoms with Gasteiger partial charge < -0.3 is 5.32 Å². The summed E-state index contributed by atoms with van der Waals surface area (Å²) in [5.41, 5.74) is 0. The zero-order chi connectivity index (χ0) is 10.4. The van der Waals surface area contributed by atoms with Gasteiger partial charge in [-0.15, -0.1) is 11.8 Å². The van der Waals surface area contributed by atoms with Gasteiger partial charge in [0.05, 0.1) is 0 Å². The average molecular weight is 230 g/mol. The second-order valence-electron chi connectivity index (χ2n) is 3.16. The minimum atomic E-state index is 0.624. The largest absolute Gasteiger partial charge is 0.319 e. The summed E-state index contributed by atoms with van der Waals surface area (Å²) < 4.78 is 0. The van der Waals surface area contributed by atoms with Gasteiger partial charge in [-0.2, -0.15) is 0 Å². The normalized spacial score (nSPS) is 12.8. The van der Waals surface area contributed by atoms with Gasteiger partial charge in [0.15, 0.2) is 0 Å². The van der Waals surface area contributed by atoms with Crippen LogP contribution in [0.5, 0.6) is 0 Å². The van der Waals surface area contributed by atoms with E-state index in [1.165, 1.54) is 4.90 Å². The number of nitrogens with one attached hydrogen (secondary N) is 1. The molecule has 1 N–H and O–H groups in total. The Morgan fingerprint density at radius 1 is 1.50 bits per heavy atom. The number of rotatable bonds is 5. The van der Waals surface area contributed by atoms with E-state index >= 15 is 0 Å². The predicted octanol–water partition coefficient (Wildman–Crippen LogP) is 3.43. The highest BCUT2D eigenvalue weighted by Gasteiger charge is 2.06. The Morgan fingerprint density at radius 2 is 2.29 bits per heavy atom. The molecule has 0 saturated heterocycles. The van der Waals surface area contributed by atoms with Gasteiger partial charge in [-0.25, -0.2) is 0 Å². The molecule has 14 heavy (non-hydrogen) atoms. The van der Waals surface area contributed by atoms with Crippen LogP contribution >= 0.6 is 23.4 Å². The Morgan fingerprint density at radius 3 is 2.86 bits per heavy atom. The molecule has 0 aliphatic rings. The van der Waals surface area contributed by atoms with Gasteiger partial charge in [0.25, 0.3) is 0 Å². The molecule has 0 aromatic heterocycles. The third-order valence-electron chi connectivity index (χ3n) is 1.99. The van der Waals surface area contributed by atoms with E-state index in [2.05, 4.69) is 18.3 Å². The third-order valence-corrected chi connectivity index (χ3v) is 3.58. The molecule has 0 amide bonds. The number of thioether (sulfide) groups is 1. The smallest absolute Gasteiger partial charge is 0.0417 e. The van der Waals surface area contributed by atoms with Crippen molar-refractivity contribution in [3.8, 4) is 0 Å². The molecule has 3 heteroatoms. The minimum Gasteiger partial charge on any atom is -0.319 e. The maximum absolute atomic E-state index is 5.92. The van der Waals surface area contributed by atoms with Crippen LogP contribution in [0.3, 0.4) is 0 Å². The zero-order valence-corrected chi connectivity index (χ0v) is 10.2. The molecule has 1 unspecified atom stereocenters. The maximum Gasteiger partial charge on any atom is 0.0417 e. The third kappa shape index (κ3) is 3.91. The topological polar surface area (TPSA) is 12.0 Å². The monoisotopic (exact) mass is 229 g/mol. The number of hydrogen-bond acceptors (Lipinski definition) is 2. The van der Waals surface area contributed by atoms with Crippen molar-refractivity contribution in [2.24, 2.45) is 0 Å². The molecule has 0 aliphatic carbocycles. The van der Waals surface area contributed by atoms with Crippen molar-refractivity contribution >= 4 is 23.4 Å². The van der Waals surface area contributed by atoms with Gasteiger partial charge >= 0.3 is 0 Å². The molecule has 0 heterocycles. The van der Waals surface area contributed by atoms with Crippen molar-refractivity contribution in [2.45, 2.75) is 23.5 Å². The van der Waals surface area contributed by atoms with Crippen molar-refractivity contribution in [1.82, 2.24) is 5.32 Å². The number of halogens is 1. The van der Waals surface area contributed by atoms with Crippen LogP contribution in [0.2, 0.25) is 5.02 Å². The first-order chi connectivity index (χ1) is 6.76. The van der Waals surface area contributed by atoms with E-state index in [1.807, 2.05) is 37.0 Å². The van der Waals surface area contributed by atoms with Crippen LogP contribution in [0, 0.1) is 0 Å². The van der Waals surface area contributed by atoms with Gasteiger partial charge in [0, 0.05) is 21.7 Å². The number of benzene rings is 1. The van der Waals surface area contributed by atoms with Crippen molar-refractivity contribution in [1.29, 1.82) is 0 Å². The SMILES string of the molecule is CCC(CNC)Sc1cccc(Cl)c1. The van der Waals surface area contributed by atoms with Crippen LogP contribution in [0.4, 0.5) is 0 Å². The molecule has 0 aliphatic heterocycles. The minimum absolute atomic E-state index is 0.624. The Bertz CT molecular complexity index is 278. The molecule has 0 bridgehead atoms. The average Bonchev–Trinajstić information content (AvgIpc) is 2.17. The molecule has 0 fully saturated rings. The van der Waals surface area contributed by atoms with Crippen molar-refractivity contribution in [2.75, 3.05) is 13.6 Å². The van der Waals surface area contributed by atoms with Crippen molar-refractivity contribution in [3.63, 3.8) is 0 Å². The van der Waals surface area contributed by atoms with Gasteiger partial charge in [-0.3, -0.25) is 0 Å². The first-order valence-corrected chi connectivity index (χ1v) is 6.08. The molecule has 1 atom stereocenters. The van der Waals surface area contributed by atoms with Gasteiger partial charge in [-0.1, -0.05) is 24.6 Å². The lowest BCUT2D eigenvalue weighted by Gasteiger charge is -2.13. The van der Waals surface area contributed by atoms with Crippen LogP contribution in [-0.2, 0) is 0 Å². The summed E-state index contributed by atoms with van der Waals surface area (Å²) in [5.74, 6) is 0. The molecule has 1 aromatic rings. The summed E-state index contributed by atoms with van der Waals surface area (Å²) in [5, 5.41) is 4.64. The summed E-state index contributed by atoms with van der Waals surface area (Å²) in [7, 11) is 1.99. The molecule has 0 spiro atoms. The van der Waals surface area contributed by atoms with Crippen molar-refractivity contribution < 1.29 is 0 Å². The van der Waals surface area contributed by atoms with E-state index < -0.39 is 0 Å². The van der Waals surface area contributed by atoms with Crippen LogP contribution < -0.4 is 5.32 Å². The molecule has 78 valence electrons. The Hall–Kier alpha value is -0.180. The summed E-state index contributed by atoms with van der Waals surface area (Å²) in [6.45, 7) is 3.24. The number of hydrogen-bond donors (Lipinski definition) is 1. The highest BCUT2D eigenvalue weighted by Crippen LogP contribution is 2.26. The van der Waals surface area contributed by atoms with Crippen LogP contribution in [0.25, 0.3) is 0 Å². The van der Waals surface area contributed by atoms with Gasteiger partial charge in [-0.05, 0) is 31.7 Å². The standard InChI is InChI=1S/C11H16ClNS/c1-3-10(8-13-2)14-11-6-4-5-9(12)7-11/h4-7,10,13H,3,8H2,1-2H3. The summed E-state index contributed by atoms with van der Waals surface area (Å²) in [6, 6.07) is 8.03. The van der Waals surface area contributed by atoms with Crippen LogP contribution in [-0.4, -0.2) is 18.8 Å². The van der Waals surface area contributed by atoms with E-state index in [9.17, 15) is 0 Å². The van der Waals surface area contributed by atoms with Gasteiger partial charge in [0.1, 0.15) is 0 Å². The highest BCUT2D eigenvalue weighted by molar-refractivity contribution is 8.00. The fourth-order valence-corrected chi connectivity index (χ4v) is 2.64. The molecular formula is C11H16ClNS. The lowest BCUT2D eigenvalue weighted by molar-refractivity contribution is 0.726. The molecular weight excluding hydrogens is 214 g/mol. The zero-order valence-electron chi connectivity index (χ0n) is 8.59. The van der Waals surface area contributed by atoms with E-state index in [0.717, 1.165) is 18.0 Å². The van der Waals surface area contributed by atoms with E-state index in [1.54, 1.807) is 0 Å². The molecule has 0 saturated carbocycles.